The Morgan fingerprint density at radius 2 is 1.67 bits per heavy atom. The van der Waals surface area contributed by atoms with E-state index in [0.717, 1.165) is 5.39 Å². The second kappa shape index (κ2) is 5.76. The third-order valence-electron chi connectivity index (χ3n) is 2.98. The first-order valence-corrected chi connectivity index (χ1v) is 8.72. The van der Waals surface area contributed by atoms with Gasteiger partial charge in [-0.1, -0.05) is 68.2 Å². The summed E-state index contributed by atoms with van der Waals surface area (Å²) < 4.78 is 27.5. The molecule has 0 atom stereocenters. The lowest BCUT2D eigenvalue weighted by Gasteiger charge is -2.19. The zero-order chi connectivity index (χ0) is 15.8. The molecule has 0 radical (unpaired) electrons. The van der Waals surface area contributed by atoms with E-state index in [4.69, 9.17) is 23.2 Å². The fourth-order valence-corrected chi connectivity index (χ4v) is 4.12. The van der Waals surface area contributed by atoms with Crippen LogP contribution in [0.1, 0.15) is 20.8 Å². The highest BCUT2D eigenvalue weighted by molar-refractivity contribution is 7.89. The van der Waals surface area contributed by atoms with Gasteiger partial charge in [0.25, 0.3) is 0 Å². The van der Waals surface area contributed by atoms with Gasteiger partial charge in [-0.15, -0.1) is 0 Å². The molecule has 0 bridgehead atoms. The molecule has 0 aliphatic carbocycles. The molecule has 0 saturated carbocycles. The summed E-state index contributed by atoms with van der Waals surface area (Å²) in [6, 6.07) is 8.59. The lowest BCUT2D eigenvalue weighted by Crippen LogP contribution is -2.32. The summed E-state index contributed by atoms with van der Waals surface area (Å²) >= 11 is 12.4. The maximum absolute atomic E-state index is 12.4. The minimum Gasteiger partial charge on any atom is -0.211 e. The number of nitrogens with one attached hydrogen (secondary N) is 1. The number of sulfonamides is 1. The molecule has 6 heteroatoms. The highest BCUT2D eigenvalue weighted by atomic mass is 35.5. The van der Waals surface area contributed by atoms with E-state index in [1.807, 2.05) is 32.9 Å². The van der Waals surface area contributed by atoms with Gasteiger partial charge in [0.15, 0.2) is 0 Å². The van der Waals surface area contributed by atoms with Crippen molar-refractivity contribution in [2.24, 2.45) is 5.41 Å². The molecule has 3 nitrogen and oxygen atoms in total. The van der Waals surface area contributed by atoms with Crippen LogP contribution in [0.5, 0.6) is 0 Å². The van der Waals surface area contributed by atoms with Gasteiger partial charge in [0.2, 0.25) is 10.0 Å². The van der Waals surface area contributed by atoms with Gasteiger partial charge in [-0.3, -0.25) is 0 Å². The predicted molar refractivity (Wildman–Crippen MR) is 88.6 cm³/mol. The smallest absolute Gasteiger partial charge is 0.211 e. The van der Waals surface area contributed by atoms with Crippen molar-refractivity contribution in [1.29, 1.82) is 0 Å². The summed E-state index contributed by atoms with van der Waals surface area (Å²) in [5.41, 5.74) is -0.166. The Bertz CT molecular complexity index is 780. The fourth-order valence-electron chi connectivity index (χ4n) is 1.86. The molecule has 0 heterocycles. The fraction of sp³-hybridized carbons (Fsp3) is 0.333. The van der Waals surface area contributed by atoms with Crippen LogP contribution in [0.15, 0.2) is 35.2 Å². The monoisotopic (exact) mass is 345 g/mol. The van der Waals surface area contributed by atoms with E-state index in [2.05, 4.69) is 4.72 Å². The number of hydrogen-bond donors (Lipinski definition) is 1. The normalized spacial score (nSPS) is 12.8. The zero-order valence-electron chi connectivity index (χ0n) is 12.1. The van der Waals surface area contributed by atoms with Crippen molar-refractivity contribution >= 4 is 44.0 Å². The second-order valence-corrected chi connectivity index (χ2v) is 8.62. The first-order valence-electron chi connectivity index (χ1n) is 6.48. The van der Waals surface area contributed by atoms with E-state index in [0.29, 0.717) is 17.0 Å². The highest BCUT2D eigenvalue weighted by Gasteiger charge is 2.23. The molecule has 2 aromatic rings. The molecule has 0 aromatic heterocycles. The van der Waals surface area contributed by atoms with Gasteiger partial charge in [-0.05, 0) is 11.5 Å². The zero-order valence-corrected chi connectivity index (χ0v) is 14.4. The Hall–Kier alpha value is -0.810. The van der Waals surface area contributed by atoms with Crippen molar-refractivity contribution in [1.82, 2.24) is 4.72 Å². The van der Waals surface area contributed by atoms with E-state index >= 15 is 0 Å². The predicted octanol–water partition coefficient (Wildman–Crippen LogP) is 4.47. The number of fused-ring (bicyclic) bond motifs is 1. The van der Waals surface area contributed by atoms with Gasteiger partial charge in [-0.25, -0.2) is 13.1 Å². The summed E-state index contributed by atoms with van der Waals surface area (Å²) in [7, 11) is -3.70. The molecule has 2 aromatic carbocycles. The summed E-state index contributed by atoms with van der Waals surface area (Å²) in [5.74, 6) is 0. The van der Waals surface area contributed by atoms with Crippen LogP contribution in [-0.2, 0) is 10.0 Å². The van der Waals surface area contributed by atoms with E-state index in [1.54, 1.807) is 12.1 Å². The molecule has 0 amide bonds. The van der Waals surface area contributed by atoms with Crippen LogP contribution in [0.25, 0.3) is 10.8 Å². The summed E-state index contributed by atoms with van der Waals surface area (Å²) in [4.78, 5) is 0.0112. The maximum Gasteiger partial charge on any atom is 0.242 e. The van der Waals surface area contributed by atoms with Gasteiger partial charge in [0, 0.05) is 22.3 Å². The SMILES string of the molecule is CC(C)(C)CNS(=O)(=O)c1cc(Cl)c2ccccc2c1Cl. The number of benzene rings is 2. The molecule has 2 rings (SSSR count). The molecular weight excluding hydrogens is 329 g/mol. The van der Waals surface area contributed by atoms with E-state index in [1.165, 1.54) is 6.07 Å². The Morgan fingerprint density at radius 1 is 1.10 bits per heavy atom. The topological polar surface area (TPSA) is 46.2 Å². The molecule has 21 heavy (non-hydrogen) atoms. The minimum atomic E-state index is -3.70. The molecule has 1 N–H and O–H groups in total. The minimum absolute atomic E-state index is 0.0112. The van der Waals surface area contributed by atoms with E-state index in [9.17, 15) is 8.42 Å². The van der Waals surface area contributed by atoms with E-state index in [-0.39, 0.29) is 15.3 Å². The molecular formula is C15H17Cl2NO2S. The van der Waals surface area contributed by atoms with Crippen molar-refractivity contribution in [2.75, 3.05) is 6.54 Å². The Labute approximate surface area is 135 Å². The van der Waals surface area contributed by atoms with Gasteiger partial charge in [0.05, 0.1) is 5.02 Å². The average Bonchev–Trinajstić information content (AvgIpc) is 2.40. The van der Waals surface area contributed by atoms with Gasteiger partial charge < -0.3 is 0 Å². The highest BCUT2D eigenvalue weighted by Crippen LogP contribution is 2.35. The van der Waals surface area contributed by atoms with Gasteiger partial charge in [0.1, 0.15) is 4.90 Å². The summed E-state index contributed by atoms with van der Waals surface area (Å²) in [6.45, 7) is 6.16. The standard InChI is InChI=1S/C15H17Cl2NO2S/c1-15(2,3)9-18-21(19,20)13-8-12(16)10-6-4-5-7-11(10)14(13)17/h4-8,18H,9H2,1-3H3. The number of halogens is 2. The number of hydrogen-bond acceptors (Lipinski definition) is 2. The van der Waals surface area contributed by atoms with Crippen molar-refractivity contribution in [2.45, 2.75) is 25.7 Å². The van der Waals surface area contributed by atoms with Crippen LogP contribution < -0.4 is 4.72 Å². The molecule has 0 spiro atoms. The maximum atomic E-state index is 12.4. The second-order valence-electron chi connectivity index (χ2n) is 6.10. The van der Waals surface area contributed by atoms with Crippen LogP contribution in [0.2, 0.25) is 10.0 Å². The summed E-state index contributed by atoms with van der Waals surface area (Å²) in [5, 5.41) is 1.92. The van der Waals surface area contributed by atoms with Crippen molar-refractivity contribution in [3.8, 4) is 0 Å². The van der Waals surface area contributed by atoms with Crippen molar-refractivity contribution in [3.05, 3.63) is 40.4 Å². The van der Waals surface area contributed by atoms with Crippen LogP contribution in [-0.4, -0.2) is 15.0 Å². The molecule has 0 aliphatic heterocycles. The molecule has 0 aliphatic rings. The Balaban J connectivity index is 2.54. The third kappa shape index (κ3) is 3.69. The summed E-state index contributed by atoms with van der Waals surface area (Å²) in [6.07, 6.45) is 0. The van der Waals surface area contributed by atoms with Crippen LogP contribution in [0.4, 0.5) is 0 Å². The van der Waals surface area contributed by atoms with Crippen LogP contribution in [0.3, 0.4) is 0 Å². The largest absolute Gasteiger partial charge is 0.242 e. The van der Waals surface area contributed by atoms with Gasteiger partial charge in [-0.2, -0.15) is 0 Å². The number of rotatable bonds is 3. The Morgan fingerprint density at radius 3 is 2.24 bits per heavy atom. The first-order chi connectivity index (χ1) is 9.62. The molecule has 0 saturated heterocycles. The molecule has 114 valence electrons. The lowest BCUT2D eigenvalue weighted by atomic mass is 9.98. The Kier molecular flexibility index (Phi) is 4.54. The van der Waals surface area contributed by atoms with E-state index < -0.39 is 10.0 Å². The van der Waals surface area contributed by atoms with Crippen LogP contribution in [0, 0.1) is 5.41 Å². The first kappa shape index (κ1) is 16.6. The molecule has 0 fully saturated rings. The quantitative estimate of drug-likeness (QED) is 0.891. The average molecular weight is 346 g/mol. The van der Waals surface area contributed by atoms with Crippen molar-refractivity contribution in [3.63, 3.8) is 0 Å². The molecule has 0 unspecified atom stereocenters. The lowest BCUT2D eigenvalue weighted by molar-refractivity contribution is 0.407. The third-order valence-corrected chi connectivity index (χ3v) is 5.23. The van der Waals surface area contributed by atoms with Crippen molar-refractivity contribution < 1.29 is 8.42 Å². The van der Waals surface area contributed by atoms with Crippen LogP contribution >= 0.6 is 23.2 Å². The van der Waals surface area contributed by atoms with Gasteiger partial charge >= 0.3 is 0 Å².